The van der Waals surface area contributed by atoms with Crippen LogP contribution in [0.4, 0.5) is 0 Å². The predicted molar refractivity (Wildman–Crippen MR) is 117 cm³/mol. The molecule has 0 aliphatic rings. The van der Waals surface area contributed by atoms with Crippen molar-refractivity contribution in [3.63, 3.8) is 0 Å². The van der Waals surface area contributed by atoms with Crippen LogP contribution in [0.25, 0.3) is 17.1 Å². The van der Waals surface area contributed by atoms with Crippen LogP contribution in [0.5, 0.6) is 0 Å². The van der Waals surface area contributed by atoms with E-state index < -0.39 is 0 Å². The number of hydrogen-bond acceptors (Lipinski definition) is 6. The highest BCUT2D eigenvalue weighted by atomic mass is 32.2. The van der Waals surface area contributed by atoms with E-state index in [1.165, 1.54) is 23.5 Å². The van der Waals surface area contributed by atoms with Crippen molar-refractivity contribution in [1.82, 2.24) is 20.2 Å². The van der Waals surface area contributed by atoms with Crippen molar-refractivity contribution in [2.75, 3.05) is 5.75 Å². The fourth-order valence-corrected chi connectivity index (χ4v) is 3.50. The van der Waals surface area contributed by atoms with E-state index in [9.17, 15) is 4.79 Å². The van der Waals surface area contributed by atoms with E-state index in [1.807, 2.05) is 66.1 Å². The highest BCUT2D eigenvalue weighted by Gasteiger charge is 2.17. The maximum atomic E-state index is 12.2. The summed E-state index contributed by atoms with van der Waals surface area (Å²) < 4.78 is 7.09. The average Bonchev–Trinajstić information content (AvgIpc) is 3.43. The van der Waals surface area contributed by atoms with Gasteiger partial charge in [0.15, 0.2) is 11.0 Å². The molecule has 4 rings (SSSR count). The lowest BCUT2D eigenvalue weighted by Crippen LogP contribution is -2.19. The van der Waals surface area contributed by atoms with Crippen molar-refractivity contribution in [2.45, 2.75) is 12.1 Å². The molecule has 0 bridgehead atoms. The summed E-state index contributed by atoms with van der Waals surface area (Å²) in [5, 5.41) is 13.2. The first kappa shape index (κ1) is 19.7. The van der Waals surface area contributed by atoms with Crippen molar-refractivity contribution in [2.24, 2.45) is 5.10 Å². The van der Waals surface area contributed by atoms with Gasteiger partial charge < -0.3 is 4.42 Å². The number of hydrazone groups is 1. The van der Waals surface area contributed by atoms with Crippen LogP contribution in [0, 0.1) is 6.92 Å². The van der Waals surface area contributed by atoms with Crippen molar-refractivity contribution >= 4 is 23.9 Å². The summed E-state index contributed by atoms with van der Waals surface area (Å²) in [7, 11) is 0. The Morgan fingerprint density at radius 2 is 1.90 bits per heavy atom. The molecule has 0 aliphatic carbocycles. The van der Waals surface area contributed by atoms with Crippen LogP contribution in [-0.4, -0.2) is 32.6 Å². The molecule has 8 heteroatoms. The van der Waals surface area contributed by atoms with Gasteiger partial charge in [-0.15, -0.1) is 10.2 Å². The molecule has 1 N–H and O–H groups in total. The summed E-state index contributed by atoms with van der Waals surface area (Å²) >= 11 is 1.30. The second-order valence-electron chi connectivity index (χ2n) is 6.44. The second-order valence-corrected chi connectivity index (χ2v) is 7.38. The molecule has 0 atom stereocenters. The number of carbonyl (C=O) groups is 1. The zero-order valence-electron chi connectivity index (χ0n) is 16.2. The molecular formula is C22H19N5O2S. The molecule has 2 aromatic carbocycles. The van der Waals surface area contributed by atoms with Crippen LogP contribution < -0.4 is 5.43 Å². The Morgan fingerprint density at radius 3 is 2.63 bits per heavy atom. The highest BCUT2D eigenvalue weighted by molar-refractivity contribution is 7.99. The number of aromatic nitrogens is 3. The Hall–Kier alpha value is -3.65. The first-order valence-electron chi connectivity index (χ1n) is 9.27. The van der Waals surface area contributed by atoms with Crippen LogP contribution in [0.1, 0.15) is 11.3 Å². The number of amides is 1. The summed E-state index contributed by atoms with van der Waals surface area (Å²) in [6, 6.07) is 21.5. The number of nitrogens with zero attached hydrogens (tertiary/aromatic N) is 4. The zero-order chi connectivity index (χ0) is 20.8. The molecule has 7 nitrogen and oxygen atoms in total. The molecule has 30 heavy (non-hydrogen) atoms. The predicted octanol–water partition coefficient (Wildman–Crippen LogP) is 4.08. The topological polar surface area (TPSA) is 85.3 Å². The van der Waals surface area contributed by atoms with E-state index >= 15 is 0 Å². The Balaban J connectivity index is 1.53. The van der Waals surface area contributed by atoms with E-state index in [-0.39, 0.29) is 11.7 Å². The number of furan rings is 1. The number of thioether (sulfide) groups is 1. The van der Waals surface area contributed by atoms with Crippen LogP contribution in [0.15, 0.2) is 87.7 Å². The second kappa shape index (κ2) is 9.23. The monoisotopic (exact) mass is 417 g/mol. The Kier molecular flexibility index (Phi) is 6.05. The summed E-state index contributed by atoms with van der Waals surface area (Å²) in [5.41, 5.74) is 5.54. The van der Waals surface area contributed by atoms with Crippen LogP contribution in [-0.2, 0) is 4.79 Å². The fraction of sp³-hybridized carbons (Fsp3) is 0.0909. The molecule has 0 spiro atoms. The minimum Gasteiger partial charge on any atom is -0.463 e. The summed E-state index contributed by atoms with van der Waals surface area (Å²) in [5.74, 6) is 1.19. The van der Waals surface area contributed by atoms with E-state index in [4.69, 9.17) is 4.42 Å². The molecule has 2 aromatic heterocycles. The average molecular weight is 417 g/mol. The number of rotatable bonds is 7. The Labute approximate surface area is 177 Å². The standard InChI is InChI=1S/C22H19N5O2S/c1-16-9-11-17(12-10-16)21-25-26-22(27(21)18-6-3-2-4-7-18)30-15-20(28)24-23-14-19-8-5-13-29-19/h2-14H,15H2,1H3,(H,24,28). The summed E-state index contributed by atoms with van der Waals surface area (Å²) in [6.45, 7) is 2.04. The van der Waals surface area contributed by atoms with Gasteiger partial charge in [0.2, 0.25) is 0 Å². The van der Waals surface area contributed by atoms with Gasteiger partial charge in [0.25, 0.3) is 5.91 Å². The third-order valence-electron chi connectivity index (χ3n) is 4.21. The molecule has 2 heterocycles. The van der Waals surface area contributed by atoms with E-state index in [1.54, 1.807) is 18.4 Å². The summed E-state index contributed by atoms with van der Waals surface area (Å²) in [4.78, 5) is 12.2. The number of para-hydroxylation sites is 1. The molecule has 0 saturated carbocycles. The van der Waals surface area contributed by atoms with Crippen molar-refractivity contribution in [3.05, 3.63) is 84.3 Å². The molecule has 1 amide bonds. The third kappa shape index (κ3) is 4.66. The zero-order valence-corrected chi connectivity index (χ0v) is 17.0. The van der Waals surface area contributed by atoms with Crippen LogP contribution in [0.2, 0.25) is 0 Å². The molecule has 4 aromatic rings. The maximum Gasteiger partial charge on any atom is 0.250 e. The lowest BCUT2D eigenvalue weighted by molar-refractivity contribution is -0.118. The van der Waals surface area contributed by atoms with Crippen LogP contribution >= 0.6 is 11.8 Å². The highest BCUT2D eigenvalue weighted by Crippen LogP contribution is 2.28. The first-order valence-corrected chi connectivity index (χ1v) is 10.3. The minimum absolute atomic E-state index is 0.147. The van der Waals surface area contributed by atoms with E-state index in [0.29, 0.717) is 10.9 Å². The molecular weight excluding hydrogens is 398 g/mol. The molecule has 0 unspecified atom stereocenters. The quantitative estimate of drug-likeness (QED) is 0.278. The normalized spacial score (nSPS) is 11.1. The van der Waals surface area contributed by atoms with Gasteiger partial charge in [-0.2, -0.15) is 5.10 Å². The molecule has 0 saturated heterocycles. The number of carbonyl (C=O) groups excluding carboxylic acids is 1. The number of hydrogen-bond donors (Lipinski definition) is 1. The summed E-state index contributed by atoms with van der Waals surface area (Å²) in [6.07, 6.45) is 2.99. The van der Waals surface area contributed by atoms with Gasteiger partial charge >= 0.3 is 0 Å². The molecule has 0 radical (unpaired) electrons. The van der Waals surface area contributed by atoms with Gasteiger partial charge in [0, 0.05) is 11.3 Å². The lowest BCUT2D eigenvalue weighted by Gasteiger charge is -2.10. The van der Waals surface area contributed by atoms with Gasteiger partial charge in [0.1, 0.15) is 5.76 Å². The van der Waals surface area contributed by atoms with Gasteiger partial charge in [-0.25, -0.2) is 5.43 Å². The van der Waals surface area contributed by atoms with Crippen molar-refractivity contribution in [3.8, 4) is 17.1 Å². The van der Waals surface area contributed by atoms with E-state index in [2.05, 4.69) is 20.7 Å². The SMILES string of the molecule is Cc1ccc(-c2nnc(SCC(=O)NN=Cc3ccco3)n2-c2ccccc2)cc1. The van der Waals surface area contributed by atoms with Gasteiger partial charge in [-0.1, -0.05) is 59.8 Å². The Bertz CT molecular complexity index is 1140. The molecule has 0 aliphatic heterocycles. The maximum absolute atomic E-state index is 12.2. The first-order chi connectivity index (χ1) is 14.7. The largest absolute Gasteiger partial charge is 0.463 e. The molecule has 0 fully saturated rings. The number of nitrogens with one attached hydrogen (secondary N) is 1. The van der Waals surface area contributed by atoms with Gasteiger partial charge in [-0.05, 0) is 31.2 Å². The lowest BCUT2D eigenvalue weighted by atomic mass is 10.1. The smallest absolute Gasteiger partial charge is 0.250 e. The minimum atomic E-state index is -0.248. The Morgan fingerprint density at radius 1 is 1.10 bits per heavy atom. The van der Waals surface area contributed by atoms with Crippen LogP contribution in [0.3, 0.4) is 0 Å². The fourth-order valence-electron chi connectivity index (χ4n) is 2.76. The van der Waals surface area contributed by atoms with Gasteiger partial charge in [0.05, 0.1) is 18.2 Å². The van der Waals surface area contributed by atoms with E-state index in [0.717, 1.165) is 17.1 Å². The molecule has 150 valence electrons. The van der Waals surface area contributed by atoms with Crippen molar-refractivity contribution in [1.29, 1.82) is 0 Å². The third-order valence-corrected chi connectivity index (χ3v) is 5.14. The number of benzene rings is 2. The van der Waals surface area contributed by atoms with Crippen molar-refractivity contribution < 1.29 is 9.21 Å². The number of aryl methyl sites for hydroxylation is 1. The van der Waals surface area contributed by atoms with Gasteiger partial charge in [-0.3, -0.25) is 9.36 Å².